The van der Waals surface area contributed by atoms with Crippen molar-refractivity contribution in [3.05, 3.63) is 63.2 Å². The molecule has 1 aliphatic rings. The first-order chi connectivity index (χ1) is 19.7. The molecule has 0 radical (unpaired) electrons. The first-order valence-corrected chi connectivity index (χ1v) is 14.6. The summed E-state index contributed by atoms with van der Waals surface area (Å²) in [5.41, 5.74) is -2.57. The summed E-state index contributed by atoms with van der Waals surface area (Å²) in [6, 6.07) is 5.56. The molecule has 1 aliphatic heterocycles. The van der Waals surface area contributed by atoms with Crippen LogP contribution in [0, 0.1) is 11.7 Å². The number of carbonyl (C=O) groups is 1. The average Bonchev–Trinajstić information content (AvgIpc) is 3.30. The third-order valence-corrected chi connectivity index (χ3v) is 8.19. The Bertz CT molecular complexity index is 1370. The second-order valence-corrected chi connectivity index (χ2v) is 11.3. The maximum absolute atomic E-state index is 14.3. The normalized spacial score (nSPS) is 22.0. The van der Waals surface area contributed by atoms with Gasteiger partial charge in [0.1, 0.15) is 24.1 Å². The van der Waals surface area contributed by atoms with E-state index in [4.69, 9.17) is 18.5 Å². The molecule has 1 fully saturated rings. The zero-order valence-corrected chi connectivity index (χ0v) is 23.8. The molecule has 2 aromatic rings. The lowest BCUT2D eigenvalue weighted by molar-refractivity contribution is -0.237. The molecule has 0 aliphatic carbocycles. The number of H-pyrrole nitrogens is 1. The van der Waals surface area contributed by atoms with Crippen molar-refractivity contribution in [2.24, 2.45) is 5.92 Å². The number of carbonyl (C=O) groups excluding carboxylic acids is 1. The van der Waals surface area contributed by atoms with Crippen LogP contribution in [0.4, 0.5) is 17.6 Å². The third-order valence-electron chi connectivity index (χ3n) is 6.53. The predicted octanol–water partition coefficient (Wildman–Crippen LogP) is 3.42. The summed E-state index contributed by atoms with van der Waals surface area (Å²) < 4.78 is 91.8. The van der Waals surface area contributed by atoms with Gasteiger partial charge in [-0.3, -0.25) is 23.7 Å². The number of hydrogen-bond donors (Lipinski definition) is 3. The number of nitrogens with one attached hydrogen (secondary N) is 2. The van der Waals surface area contributed by atoms with Gasteiger partial charge in [-0.15, -0.1) is 0 Å². The Hall–Kier alpha value is -3.04. The number of rotatable bonds is 13. The number of aliphatic hydroxyl groups excluding tert-OH is 1. The molecule has 6 atom stereocenters. The molecule has 234 valence electrons. The van der Waals surface area contributed by atoms with Crippen LogP contribution in [0.2, 0.25) is 0 Å². The average molecular weight is 626 g/mol. The van der Waals surface area contributed by atoms with Crippen molar-refractivity contribution >= 4 is 13.7 Å². The Labute approximate surface area is 237 Å². The molecule has 1 unspecified atom stereocenters. The van der Waals surface area contributed by atoms with Crippen molar-refractivity contribution in [1.29, 1.82) is 0 Å². The second-order valence-electron chi connectivity index (χ2n) is 9.63. The van der Waals surface area contributed by atoms with Crippen LogP contribution in [0.5, 0.6) is 5.75 Å². The Morgan fingerprint density at radius 3 is 2.48 bits per heavy atom. The zero-order chi connectivity index (χ0) is 31.2. The smallest absolute Gasteiger partial charge is 0.460 e. The van der Waals surface area contributed by atoms with Gasteiger partial charge < -0.3 is 19.1 Å². The lowest BCUT2D eigenvalue weighted by Gasteiger charge is -2.31. The van der Waals surface area contributed by atoms with E-state index in [0.717, 1.165) is 0 Å². The van der Waals surface area contributed by atoms with Crippen LogP contribution in [-0.4, -0.2) is 57.8 Å². The molecule has 3 rings (SSSR count). The highest BCUT2D eigenvalue weighted by Crippen LogP contribution is 2.50. The van der Waals surface area contributed by atoms with Gasteiger partial charge in [0.15, 0.2) is 6.10 Å². The molecule has 17 heteroatoms. The number of benzene rings is 1. The van der Waals surface area contributed by atoms with Crippen molar-refractivity contribution in [1.82, 2.24) is 14.6 Å². The number of aromatic amines is 1. The molecule has 0 saturated carbocycles. The van der Waals surface area contributed by atoms with E-state index in [0.29, 0.717) is 23.6 Å². The number of aromatic nitrogens is 2. The van der Waals surface area contributed by atoms with Crippen molar-refractivity contribution < 1.29 is 50.5 Å². The fourth-order valence-electron chi connectivity index (χ4n) is 4.09. The van der Waals surface area contributed by atoms with Gasteiger partial charge in [0.05, 0.1) is 18.9 Å². The van der Waals surface area contributed by atoms with Crippen molar-refractivity contribution in [2.75, 3.05) is 6.61 Å². The van der Waals surface area contributed by atoms with Crippen LogP contribution in [0.3, 0.4) is 0 Å². The van der Waals surface area contributed by atoms with Gasteiger partial charge >= 0.3 is 25.6 Å². The molecule has 1 aromatic carbocycles. The largest absolute Gasteiger partial charge is 0.464 e. The third kappa shape index (κ3) is 8.51. The molecular weight excluding hydrogens is 593 g/mol. The van der Waals surface area contributed by atoms with Gasteiger partial charge in [-0.1, -0.05) is 44.9 Å². The number of nitrogens with zero attached hydrogens (tertiary/aromatic N) is 1. The second kappa shape index (κ2) is 14.0. The first-order valence-electron chi connectivity index (χ1n) is 13.1. The van der Waals surface area contributed by atoms with E-state index in [1.54, 1.807) is 11.1 Å². The summed E-state index contributed by atoms with van der Waals surface area (Å²) in [6.45, 7) is 5.01. The van der Waals surface area contributed by atoms with Crippen molar-refractivity contribution in [2.45, 2.75) is 76.8 Å². The monoisotopic (exact) mass is 625 g/mol. The fraction of sp³-hybridized carbons (Fsp3) is 0.560. The number of esters is 1. The summed E-state index contributed by atoms with van der Waals surface area (Å²) in [7, 11) is -5.10. The highest BCUT2D eigenvalue weighted by atomic mass is 31.2. The standard InChI is InChI=1S/C25H32F4N3O9P/c1-4-15(5-2)13-38-23(35)14(3)31-42(37,40-16-9-7-6-8-10-16)41-21(25(27,28)29)20-18(33)11-19(39-20)32-12-17(26)22(34)30-24(32)36/h6-10,12,14-15,18-21,33H,4-5,11,13H2,1-3H3,(H,31,37)(H,30,34,36)/t14-,18?,19+,20-,21-,42-/m0/s1. The van der Waals surface area contributed by atoms with Gasteiger partial charge in [0, 0.05) is 6.42 Å². The molecule has 0 amide bonds. The number of halogens is 4. The fourth-order valence-corrected chi connectivity index (χ4v) is 5.76. The molecule has 3 N–H and O–H groups in total. The Balaban J connectivity index is 1.89. The van der Waals surface area contributed by atoms with E-state index in [-0.39, 0.29) is 18.3 Å². The quantitative estimate of drug-likeness (QED) is 0.171. The molecule has 1 aromatic heterocycles. The van der Waals surface area contributed by atoms with E-state index in [1.165, 1.54) is 31.2 Å². The number of para-hydroxylation sites is 1. The van der Waals surface area contributed by atoms with E-state index < -0.39 is 74.0 Å². The number of hydrogen-bond acceptors (Lipinski definition) is 9. The predicted molar refractivity (Wildman–Crippen MR) is 139 cm³/mol. The lowest BCUT2D eigenvalue weighted by Crippen LogP contribution is -2.48. The number of aliphatic hydroxyl groups is 1. The van der Waals surface area contributed by atoms with Gasteiger partial charge in [0.25, 0.3) is 5.56 Å². The summed E-state index contributed by atoms with van der Waals surface area (Å²) in [5.74, 6) is -2.48. The lowest BCUT2D eigenvalue weighted by atomic mass is 10.1. The van der Waals surface area contributed by atoms with Crippen LogP contribution >= 0.6 is 7.75 Å². The van der Waals surface area contributed by atoms with Crippen molar-refractivity contribution in [3.63, 3.8) is 0 Å². The van der Waals surface area contributed by atoms with Crippen LogP contribution in [0.15, 0.2) is 46.1 Å². The number of alkyl halides is 3. The molecule has 2 heterocycles. The summed E-state index contributed by atoms with van der Waals surface area (Å²) in [4.78, 5) is 37.7. The minimum absolute atomic E-state index is 0.0297. The minimum atomic E-state index is -5.33. The minimum Gasteiger partial charge on any atom is -0.464 e. The summed E-state index contributed by atoms with van der Waals surface area (Å²) >= 11 is 0. The Kier molecular flexibility index (Phi) is 11.1. The highest BCUT2D eigenvalue weighted by Gasteiger charge is 2.56. The topological polar surface area (TPSA) is 158 Å². The summed E-state index contributed by atoms with van der Waals surface area (Å²) in [6.07, 6.45) is -13.2. The van der Waals surface area contributed by atoms with Gasteiger partial charge in [-0.25, -0.2) is 9.36 Å². The first kappa shape index (κ1) is 33.5. The molecule has 42 heavy (non-hydrogen) atoms. The molecule has 1 saturated heterocycles. The number of ether oxygens (including phenoxy) is 2. The van der Waals surface area contributed by atoms with Gasteiger partial charge in [-0.05, 0) is 25.0 Å². The van der Waals surface area contributed by atoms with Gasteiger partial charge in [-0.2, -0.15) is 22.6 Å². The summed E-state index contributed by atoms with van der Waals surface area (Å²) in [5, 5.41) is 12.6. The SMILES string of the molecule is CCC(CC)COC(=O)[C@H](C)N[P@](=O)(Oc1ccccc1)O[C@@H]([C@H]1O[C@@H](n2cc(F)c(=O)[nH]c2=O)CC1O)C(F)(F)F. The van der Waals surface area contributed by atoms with Gasteiger partial charge in [0.2, 0.25) is 5.82 Å². The highest BCUT2D eigenvalue weighted by molar-refractivity contribution is 7.52. The van der Waals surface area contributed by atoms with Crippen LogP contribution < -0.4 is 20.9 Å². The maximum atomic E-state index is 14.3. The molecular formula is C25H32F4N3O9P. The maximum Gasteiger partial charge on any atom is 0.460 e. The molecule has 0 spiro atoms. The van der Waals surface area contributed by atoms with E-state index >= 15 is 0 Å². The van der Waals surface area contributed by atoms with E-state index in [2.05, 4.69) is 5.09 Å². The van der Waals surface area contributed by atoms with Crippen LogP contribution in [-0.2, 0) is 23.4 Å². The zero-order valence-electron chi connectivity index (χ0n) is 22.9. The Morgan fingerprint density at radius 2 is 1.88 bits per heavy atom. The molecule has 12 nitrogen and oxygen atoms in total. The Morgan fingerprint density at radius 1 is 1.24 bits per heavy atom. The van der Waals surface area contributed by atoms with Crippen LogP contribution in [0.1, 0.15) is 46.3 Å². The van der Waals surface area contributed by atoms with Crippen LogP contribution in [0.25, 0.3) is 0 Å². The van der Waals surface area contributed by atoms with Crippen molar-refractivity contribution in [3.8, 4) is 5.75 Å². The molecule has 0 bridgehead atoms. The van der Waals surface area contributed by atoms with E-state index in [9.17, 15) is 41.6 Å². The van der Waals surface area contributed by atoms with E-state index in [1.807, 2.05) is 13.8 Å².